The van der Waals surface area contributed by atoms with Crippen molar-refractivity contribution < 1.29 is 14.7 Å². The van der Waals surface area contributed by atoms with E-state index in [0.29, 0.717) is 23.9 Å². The molecule has 1 amide bonds. The van der Waals surface area contributed by atoms with Crippen molar-refractivity contribution in [3.8, 4) is 0 Å². The number of carbonyl (C=O) groups is 2. The van der Waals surface area contributed by atoms with Gasteiger partial charge in [0.25, 0.3) is 0 Å². The van der Waals surface area contributed by atoms with Gasteiger partial charge in [0.15, 0.2) is 0 Å². The molecule has 0 saturated heterocycles. The van der Waals surface area contributed by atoms with E-state index >= 15 is 0 Å². The first-order valence-electron chi connectivity index (χ1n) is 7.09. The summed E-state index contributed by atoms with van der Waals surface area (Å²) in [6, 6.07) is 7.01. The Bertz CT molecular complexity index is 761. The molecule has 0 aliphatic rings. The number of H-pyrrole nitrogens is 1. The topological polar surface area (TPSA) is 104 Å². The number of hydrogen-bond acceptors (Lipinski definition) is 3. The number of hydrogen-bond donors (Lipinski definition) is 3. The number of aliphatic carboxylic acids is 1. The molecule has 2 rings (SSSR count). The Morgan fingerprint density at radius 2 is 2.05 bits per heavy atom. The van der Waals surface area contributed by atoms with Gasteiger partial charge in [0, 0.05) is 0 Å². The van der Waals surface area contributed by atoms with Gasteiger partial charge in [-0.15, -0.1) is 0 Å². The van der Waals surface area contributed by atoms with Gasteiger partial charge in [-0.05, 0) is 25.5 Å². The van der Waals surface area contributed by atoms with Crippen LogP contribution < -0.4 is 11.0 Å². The van der Waals surface area contributed by atoms with Gasteiger partial charge in [0.1, 0.15) is 12.1 Å². The fourth-order valence-corrected chi connectivity index (χ4v) is 2.48. The van der Waals surface area contributed by atoms with Gasteiger partial charge in [-0.3, -0.25) is 9.36 Å². The molecule has 0 fully saturated rings. The third-order valence-corrected chi connectivity index (χ3v) is 3.62. The molecule has 0 spiro atoms. The van der Waals surface area contributed by atoms with Crippen LogP contribution >= 0.6 is 0 Å². The molecule has 1 unspecified atom stereocenters. The van der Waals surface area contributed by atoms with E-state index in [0.717, 1.165) is 0 Å². The van der Waals surface area contributed by atoms with Crippen LogP contribution in [0.4, 0.5) is 0 Å². The number of imidazole rings is 1. The zero-order chi connectivity index (χ0) is 16.3. The van der Waals surface area contributed by atoms with E-state index in [1.54, 1.807) is 24.3 Å². The van der Waals surface area contributed by atoms with Crippen molar-refractivity contribution in [2.75, 3.05) is 0 Å². The molecule has 1 aromatic heterocycles. The fraction of sp³-hybridized carbons (Fsp3) is 0.400. The van der Waals surface area contributed by atoms with E-state index in [-0.39, 0.29) is 6.54 Å². The number of carboxylic acid groups (broad SMARTS) is 1. The molecule has 3 N–H and O–H groups in total. The molecule has 0 bridgehead atoms. The van der Waals surface area contributed by atoms with Crippen LogP contribution in [0.15, 0.2) is 29.1 Å². The molecule has 0 radical (unpaired) electrons. The number of para-hydroxylation sites is 2. The van der Waals surface area contributed by atoms with E-state index in [1.807, 2.05) is 6.92 Å². The van der Waals surface area contributed by atoms with Crippen molar-refractivity contribution >= 4 is 22.9 Å². The van der Waals surface area contributed by atoms with E-state index in [2.05, 4.69) is 10.3 Å². The highest BCUT2D eigenvalue weighted by Crippen LogP contribution is 2.13. The highest BCUT2D eigenvalue weighted by molar-refractivity contribution is 5.87. The molecular weight excluding hydrogens is 286 g/mol. The van der Waals surface area contributed by atoms with Crippen LogP contribution in [0.25, 0.3) is 11.0 Å². The van der Waals surface area contributed by atoms with Crippen LogP contribution in [-0.2, 0) is 16.1 Å². The van der Waals surface area contributed by atoms with Gasteiger partial charge in [-0.25, -0.2) is 9.59 Å². The van der Waals surface area contributed by atoms with Crippen LogP contribution in [0.2, 0.25) is 0 Å². The number of nitrogens with zero attached hydrogens (tertiary/aromatic N) is 1. The maximum Gasteiger partial charge on any atom is 0.329 e. The second kappa shape index (κ2) is 6.05. The molecule has 118 valence electrons. The third-order valence-electron chi connectivity index (χ3n) is 3.62. The Balaban J connectivity index is 2.22. The Kier molecular flexibility index (Phi) is 4.35. The summed E-state index contributed by atoms with van der Waals surface area (Å²) in [5.41, 5.74) is -0.490. The minimum atomic E-state index is -1.33. The molecule has 0 aliphatic heterocycles. The van der Waals surface area contributed by atoms with Crippen LogP contribution in [-0.4, -0.2) is 32.1 Å². The van der Waals surface area contributed by atoms with Crippen LogP contribution in [0, 0.1) is 0 Å². The lowest BCUT2D eigenvalue weighted by molar-refractivity contribution is -0.147. The van der Waals surface area contributed by atoms with Crippen molar-refractivity contribution in [2.24, 2.45) is 0 Å². The summed E-state index contributed by atoms with van der Waals surface area (Å²) >= 11 is 0. The average molecular weight is 305 g/mol. The minimum Gasteiger partial charge on any atom is -0.480 e. The van der Waals surface area contributed by atoms with Crippen molar-refractivity contribution in [3.63, 3.8) is 0 Å². The van der Waals surface area contributed by atoms with Gasteiger partial charge < -0.3 is 15.4 Å². The van der Waals surface area contributed by atoms with Crippen molar-refractivity contribution in [2.45, 2.75) is 38.8 Å². The summed E-state index contributed by atoms with van der Waals surface area (Å²) in [4.78, 5) is 38.1. The number of aromatic amines is 1. The normalized spacial score (nSPS) is 13.7. The van der Waals surface area contributed by atoms with E-state index < -0.39 is 23.1 Å². The Morgan fingerprint density at radius 3 is 2.68 bits per heavy atom. The first kappa shape index (κ1) is 15.8. The number of nitrogens with one attached hydrogen (secondary N) is 2. The molecule has 1 heterocycles. The molecule has 0 aliphatic carbocycles. The molecule has 0 saturated carbocycles. The lowest BCUT2D eigenvalue weighted by Crippen LogP contribution is -2.53. The monoisotopic (exact) mass is 305 g/mol. The van der Waals surface area contributed by atoms with Gasteiger partial charge in [-0.2, -0.15) is 0 Å². The number of carbonyl (C=O) groups excluding carboxylic acids is 1. The number of amides is 1. The number of carboxylic acids is 1. The Hall–Kier alpha value is -2.57. The van der Waals surface area contributed by atoms with Gasteiger partial charge in [-0.1, -0.05) is 25.5 Å². The van der Waals surface area contributed by atoms with Crippen molar-refractivity contribution in [1.82, 2.24) is 14.9 Å². The predicted octanol–water partition coefficient (Wildman–Crippen LogP) is 1.09. The zero-order valence-corrected chi connectivity index (χ0v) is 12.5. The third kappa shape index (κ3) is 3.03. The van der Waals surface area contributed by atoms with Gasteiger partial charge in [0.05, 0.1) is 11.0 Å². The lowest BCUT2D eigenvalue weighted by Gasteiger charge is -2.25. The smallest absolute Gasteiger partial charge is 0.329 e. The van der Waals surface area contributed by atoms with E-state index in [1.165, 1.54) is 11.5 Å². The van der Waals surface area contributed by atoms with Gasteiger partial charge in [0.2, 0.25) is 5.91 Å². The van der Waals surface area contributed by atoms with Crippen LogP contribution in [0.3, 0.4) is 0 Å². The molecule has 22 heavy (non-hydrogen) atoms. The molecular formula is C15H19N3O4. The minimum absolute atomic E-state index is 0.227. The average Bonchev–Trinajstić information content (AvgIpc) is 2.75. The summed E-state index contributed by atoms with van der Waals surface area (Å²) in [5, 5.41) is 11.8. The standard InChI is InChI=1S/C15H19N3O4/c1-3-8-15(2,13(20)21)17-12(19)9-18-11-7-5-4-6-10(11)16-14(18)22/h4-7H,3,8-9H2,1-2H3,(H,16,22)(H,17,19)(H,20,21). The lowest BCUT2D eigenvalue weighted by atomic mass is 9.96. The maximum absolute atomic E-state index is 12.2. The zero-order valence-electron chi connectivity index (χ0n) is 12.5. The second-order valence-electron chi connectivity index (χ2n) is 5.47. The summed E-state index contributed by atoms with van der Waals surface area (Å²) in [5.74, 6) is -1.60. The molecule has 7 nitrogen and oxygen atoms in total. The highest BCUT2D eigenvalue weighted by atomic mass is 16.4. The fourth-order valence-electron chi connectivity index (χ4n) is 2.48. The molecule has 1 aromatic carbocycles. The van der Waals surface area contributed by atoms with Crippen molar-refractivity contribution in [1.29, 1.82) is 0 Å². The van der Waals surface area contributed by atoms with E-state index in [4.69, 9.17) is 0 Å². The number of fused-ring (bicyclic) bond motifs is 1. The van der Waals surface area contributed by atoms with Crippen LogP contribution in [0.5, 0.6) is 0 Å². The van der Waals surface area contributed by atoms with Crippen LogP contribution in [0.1, 0.15) is 26.7 Å². The molecule has 1 atom stereocenters. The van der Waals surface area contributed by atoms with E-state index in [9.17, 15) is 19.5 Å². The summed E-state index contributed by atoms with van der Waals surface area (Å²) in [7, 11) is 0. The number of benzene rings is 1. The molecule has 7 heteroatoms. The predicted molar refractivity (Wildman–Crippen MR) is 81.7 cm³/mol. The quantitative estimate of drug-likeness (QED) is 0.743. The highest BCUT2D eigenvalue weighted by Gasteiger charge is 2.33. The first-order valence-corrected chi connectivity index (χ1v) is 7.09. The Labute approximate surface area is 127 Å². The summed E-state index contributed by atoms with van der Waals surface area (Å²) in [6.07, 6.45) is 0.937. The second-order valence-corrected chi connectivity index (χ2v) is 5.47. The SMILES string of the molecule is CCCC(C)(NC(=O)Cn1c(=O)[nH]c2ccccc21)C(=O)O. The Morgan fingerprint density at radius 1 is 1.36 bits per heavy atom. The summed E-state index contributed by atoms with van der Waals surface area (Å²) < 4.78 is 1.29. The van der Waals surface area contributed by atoms with Gasteiger partial charge >= 0.3 is 11.7 Å². The van der Waals surface area contributed by atoms with Crippen molar-refractivity contribution in [3.05, 3.63) is 34.7 Å². The number of rotatable bonds is 6. The maximum atomic E-state index is 12.2. The number of aromatic nitrogens is 2. The summed E-state index contributed by atoms with van der Waals surface area (Å²) in [6.45, 7) is 3.08. The largest absolute Gasteiger partial charge is 0.480 e. The molecule has 2 aromatic rings. The first-order chi connectivity index (χ1) is 10.4.